The molecule has 5 heteroatoms. The number of nitrogens with zero attached hydrogens (tertiary/aromatic N) is 3. The minimum absolute atomic E-state index is 0.465. The molecule has 4 fully saturated rings. The lowest BCUT2D eigenvalue weighted by Gasteiger charge is -2.56. The second-order valence-corrected chi connectivity index (χ2v) is 10.2. The molecule has 1 aromatic heterocycles. The maximum absolute atomic E-state index is 4.71. The van der Waals surface area contributed by atoms with Crippen LogP contribution in [0.1, 0.15) is 61.0 Å². The van der Waals surface area contributed by atoms with Crippen molar-refractivity contribution in [2.45, 2.75) is 66.2 Å². The molecular weight excluding hydrogens is 358 g/mol. The predicted octanol–water partition coefficient (Wildman–Crippen LogP) is 5.48. The van der Waals surface area contributed by atoms with E-state index in [1.807, 2.05) is 6.92 Å². The summed E-state index contributed by atoms with van der Waals surface area (Å²) in [5, 5.41) is 7.05. The Balaban J connectivity index is 1.33. The normalized spacial score (nSPS) is 29.9. The second kappa shape index (κ2) is 6.96. The van der Waals surface area contributed by atoms with Gasteiger partial charge in [-0.2, -0.15) is 15.0 Å². The fourth-order valence-electron chi connectivity index (χ4n) is 6.88. The molecule has 4 saturated carbocycles. The summed E-state index contributed by atoms with van der Waals surface area (Å²) in [5.74, 6) is 4.98. The summed E-state index contributed by atoms with van der Waals surface area (Å²) in [6, 6.07) is 4.38. The molecule has 0 amide bonds. The van der Waals surface area contributed by atoms with Crippen molar-refractivity contribution in [3.63, 3.8) is 0 Å². The topological polar surface area (TPSA) is 62.7 Å². The monoisotopic (exact) mass is 391 g/mol. The number of anilines is 3. The second-order valence-electron chi connectivity index (χ2n) is 10.2. The number of rotatable bonds is 5. The van der Waals surface area contributed by atoms with E-state index in [0.29, 0.717) is 17.3 Å². The van der Waals surface area contributed by atoms with Crippen molar-refractivity contribution in [2.24, 2.45) is 23.2 Å². The Bertz CT molecular complexity index is 877. The summed E-state index contributed by atoms with van der Waals surface area (Å²) in [6.45, 7) is 9.33. The number of hydrogen-bond acceptors (Lipinski definition) is 5. The Morgan fingerprint density at radius 3 is 1.97 bits per heavy atom. The van der Waals surface area contributed by atoms with E-state index in [-0.39, 0.29) is 0 Å². The van der Waals surface area contributed by atoms with E-state index in [1.165, 1.54) is 55.2 Å². The largest absolute Gasteiger partial charge is 0.354 e. The third-order valence-corrected chi connectivity index (χ3v) is 7.45. The summed E-state index contributed by atoms with van der Waals surface area (Å²) < 4.78 is 0. The van der Waals surface area contributed by atoms with Gasteiger partial charge in [0.1, 0.15) is 5.82 Å². The molecule has 0 unspecified atom stereocenters. The Morgan fingerprint density at radius 2 is 1.38 bits per heavy atom. The fourth-order valence-corrected chi connectivity index (χ4v) is 6.88. The van der Waals surface area contributed by atoms with E-state index in [1.54, 1.807) is 0 Å². The van der Waals surface area contributed by atoms with Crippen LogP contribution in [0.2, 0.25) is 0 Å². The Hall–Kier alpha value is -2.17. The van der Waals surface area contributed by atoms with Gasteiger partial charge in [0.25, 0.3) is 0 Å². The lowest BCUT2D eigenvalue weighted by molar-refractivity contribution is -0.0445. The highest BCUT2D eigenvalue weighted by Crippen LogP contribution is 2.59. The summed E-state index contributed by atoms with van der Waals surface area (Å²) in [7, 11) is 0. The standard InChI is InChI=1S/C24H33N5/c1-14-5-15(2)21(16(3)6-14)28-23-27-17(4)26-22(29-23)25-13-24-10-18-7-19(11-24)9-20(8-18)12-24/h5-6,18-20H,7-13H2,1-4H3,(H2,25,26,27,28,29). The van der Waals surface area contributed by atoms with Crippen LogP contribution in [0.15, 0.2) is 12.1 Å². The minimum atomic E-state index is 0.465. The summed E-state index contributed by atoms with van der Waals surface area (Å²) >= 11 is 0. The van der Waals surface area contributed by atoms with Crippen LogP contribution in [-0.4, -0.2) is 21.5 Å². The number of nitrogens with one attached hydrogen (secondary N) is 2. The lowest BCUT2D eigenvalue weighted by Crippen LogP contribution is -2.49. The van der Waals surface area contributed by atoms with Gasteiger partial charge in [-0.05, 0) is 101 Å². The molecule has 29 heavy (non-hydrogen) atoms. The van der Waals surface area contributed by atoms with Crippen LogP contribution in [0.4, 0.5) is 17.6 Å². The molecular formula is C24H33N5. The maximum atomic E-state index is 4.71. The number of hydrogen-bond donors (Lipinski definition) is 2. The van der Waals surface area contributed by atoms with Crippen molar-refractivity contribution in [3.05, 3.63) is 34.6 Å². The third kappa shape index (κ3) is 3.72. The van der Waals surface area contributed by atoms with Crippen molar-refractivity contribution in [1.82, 2.24) is 15.0 Å². The molecule has 0 atom stereocenters. The molecule has 4 aliphatic rings. The Labute approximate surface area is 174 Å². The molecule has 4 bridgehead atoms. The van der Waals surface area contributed by atoms with Gasteiger partial charge in [-0.15, -0.1) is 0 Å². The molecule has 1 heterocycles. The van der Waals surface area contributed by atoms with Crippen molar-refractivity contribution < 1.29 is 0 Å². The molecule has 2 N–H and O–H groups in total. The van der Waals surface area contributed by atoms with Crippen molar-refractivity contribution >= 4 is 17.6 Å². The van der Waals surface area contributed by atoms with Gasteiger partial charge >= 0.3 is 0 Å². The fraction of sp³-hybridized carbons (Fsp3) is 0.625. The van der Waals surface area contributed by atoms with Crippen LogP contribution in [0.25, 0.3) is 0 Å². The van der Waals surface area contributed by atoms with Crippen molar-refractivity contribution in [1.29, 1.82) is 0 Å². The molecule has 4 aliphatic carbocycles. The van der Waals surface area contributed by atoms with Gasteiger partial charge in [0, 0.05) is 12.2 Å². The van der Waals surface area contributed by atoms with Gasteiger partial charge in [-0.1, -0.05) is 17.7 Å². The van der Waals surface area contributed by atoms with E-state index >= 15 is 0 Å². The SMILES string of the molecule is Cc1cc(C)c(Nc2nc(C)nc(NCC34CC5CC(CC(C5)C3)C4)n2)c(C)c1. The first-order valence-corrected chi connectivity index (χ1v) is 11.2. The molecule has 6 rings (SSSR count). The molecule has 2 aromatic rings. The number of aromatic nitrogens is 3. The van der Waals surface area contributed by atoms with Crippen molar-refractivity contribution in [2.75, 3.05) is 17.2 Å². The van der Waals surface area contributed by atoms with Crippen LogP contribution in [0.3, 0.4) is 0 Å². The maximum Gasteiger partial charge on any atom is 0.232 e. The van der Waals surface area contributed by atoms with Gasteiger partial charge in [-0.25, -0.2) is 0 Å². The molecule has 1 aromatic carbocycles. The first kappa shape index (κ1) is 18.8. The molecule has 0 spiro atoms. The van der Waals surface area contributed by atoms with E-state index in [4.69, 9.17) is 4.98 Å². The van der Waals surface area contributed by atoms with E-state index < -0.39 is 0 Å². The summed E-state index contributed by atoms with van der Waals surface area (Å²) in [5.41, 5.74) is 5.25. The van der Waals surface area contributed by atoms with Crippen LogP contribution in [-0.2, 0) is 0 Å². The quantitative estimate of drug-likeness (QED) is 0.707. The van der Waals surface area contributed by atoms with Gasteiger partial charge in [0.2, 0.25) is 11.9 Å². The summed E-state index contributed by atoms with van der Waals surface area (Å²) in [6.07, 6.45) is 8.61. The van der Waals surface area contributed by atoms with E-state index in [2.05, 4.69) is 53.5 Å². The Kier molecular flexibility index (Phi) is 4.52. The van der Waals surface area contributed by atoms with Crippen LogP contribution in [0.5, 0.6) is 0 Å². The van der Waals surface area contributed by atoms with Gasteiger partial charge < -0.3 is 10.6 Å². The highest BCUT2D eigenvalue weighted by atomic mass is 15.2. The average Bonchev–Trinajstić information content (AvgIpc) is 2.62. The zero-order valence-corrected chi connectivity index (χ0v) is 18.2. The van der Waals surface area contributed by atoms with E-state index in [9.17, 15) is 0 Å². The zero-order chi connectivity index (χ0) is 20.2. The van der Waals surface area contributed by atoms with Gasteiger partial charge in [0.05, 0.1) is 0 Å². The smallest absolute Gasteiger partial charge is 0.232 e. The van der Waals surface area contributed by atoms with E-state index in [0.717, 1.165) is 35.8 Å². The minimum Gasteiger partial charge on any atom is -0.354 e. The van der Waals surface area contributed by atoms with Crippen LogP contribution >= 0.6 is 0 Å². The van der Waals surface area contributed by atoms with Crippen LogP contribution < -0.4 is 10.6 Å². The number of aryl methyl sites for hydroxylation is 4. The van der Waals surface area contributed by atoms with Crippen LogP contribution in [0, 0.1) is 50.9 Å². The predicted molar refractivity (Wildman–Crippen MR) is 118 cm³/mol. The zero-order valence-electron chi connectivity index (χ0n) is 18.2. The first-order chi connectivity index (χ1) is 13.9. The third-order valence-electron chi connectivity index (χ3n) is 7.45. The molecule has 5 nitrogen and oxygen atoms in total. The average molecular weight is 392 g/mol. The highest BCUT2D eigenvalue weighted by molar-refractivity contribution is 5.64. The number of benzene rings is 1. The molecule has 0 saturated heterocycles. The molecule has 0 radical (unpaired) electrons. The lowest BCUT2D eigenvalue weighted by atomic mass is 9.49. The molecule has 0 aliphatic heterocycles. The van der Waals surface area contributed by atoms with Gasteiger partial charge in [-0.3, -0.25) is 0 Å². The summed E-state index contributed by atoms with van der Waals surface area (Å²) in [4.78, 5) is 13.8. The molecule has 154 valence electrons. The van der Waals surface area contributed by atoms with Crippen molar-refractivity contribution in [3.8, 4) is 0 Å². The Morgan fingerprint density at radius 1 is 0.828 bits per heavy atom. The highest BCUT2D eigenvalue weighted by Gasteiger charge is 2.50. The van der Waals surface area contributed by atoms with Gasteiger partial charge in [0.15, 0.2) is 0 Å². The first-order valence-electron chi connectivity index (χ1n) is 11.2.